The number of benzene rings is 1. The van der Waals surface area contributed by atoms with E-state index in [1.54, 1.807) is 24.3 Å². The molecule has 6 nitrogen and oxygen atoms in total. The molecule has 2 aromatic rings. The van der Waals surface area contributed by atoms with Crippen LogP contribution in [0.3, 0.4) is 0 Å². The summed E-state index contributed by atoms with van der Waals surface area (Å²) in [6, 6.07) is 6.80. The van der Waals surface area contributed by atoms with Crippen molar-refractivity contribution in [1.82, 2.24) is 5.32 Å². The van der Waals surface area contributed by atoms with Crippen molar-refractivity contribution in [3.8, 4) is 5.75 Å². The molecule has 142 valence electrons. The van der Waals surface area contributed by atoms with E-state index in [2.05, 4.69) is 10.6 Å². The Morgan fingerprint density at radius 2 is 1.93 bits per heavy atom. The van der Waals surface area contributed by atoms with E-state index in [1.165, 1.54) is 11.3 Å². The molecule has 0 atom stereocenters. The maximum Gasteiger partial charge on any atom is 0.257 e. The third-order valence-electron chi connectivity index (χ3n) is 4.30. The number of hydrogen-bond acceptors (Lipinski definition) is 5. The van der Waals surface area contributed by atoms with Gasteiger partial charge in [0.1, 0.15) is 10.8 Å². The molecule has 0 fully saturated rings. The molecule has 0 radical (unpaired) electrons. The number of rotatable bonds is 5. The molecule has 1 aliphatic rings. The third kappa shape index (κ3) is 4.45. The van der Waals surface area contributed by atoms with Crippen LogP contribution in [-0.2, 0) is 12.8 Å². The second kappa shape index (κ2) is 8.49. The molecule has 0 saturated heterocycles. The Labute approximate surface area is 167 Å². The smallest absolute Gasteiger partial charge is 0.257 e. The van der Waals surface area contributed by atoms with Crippen molar-refractivity contribution in [1.29, 1.82) is 0 Å². The van der Waals surface area contributed by atoms with E-state index >= 15 is 0 Å². The number of thiocarbonyl (C=S) groups is 1. The Morgan fingerprint density at radius 1 is 1.22 bits per heavy atom. The first-order valence-corrected chi connectivity index (χ1v) is 10.0. The summed E-state index contributed by atoms with van der Waals surface area (Å²) in [5.74, 6) is -0.111. The van der Waals surface area contributed by atoms with Gasteiger partial charge in [0, 0.05) is 10.4 Å². The molecule has 2 amide bonds. The molecular weight excluding hydrogens is 382 g/mol. The van der Waals surface area contributed by atoms with Crippen LogP contribution in [0.5, 0.6) is 5.75 Å². The van der Waals surface area contributed by atoms with Crippen molar-refractivity contribution in [2.24, 2.45) is 5.73 Å². The minimum absolute atomic E-state index is 0.134. The second-order valence-corrected chi connectivity index (χ2v) is 7.66. The SMILES string of the molecule is CCOc1ccc(C(=O)NC(=S)Nc2sc3c(c2C(N)=O)CCCC3)cc1. The van der Waals surface area contributed by atoms with Crippen LogP contribution < -0.4 is 21.1 Å². The van der Waals surface area contributed by atoms with Crippen LogP contribution in [0, 0.1) is 0 Å². The first-order chi connectivity index (χ1) is 13.0. The highest BCUT2D eigenvalue weighted by Gasteiger charge is 2.24. The molecule has 8 heteroatoms. The van der Waals surface area contributed by atoms with Gasteiger partial charge in [-0.15, -0.1) is 11.3 Å². The highest BCUT2D eigenvalue weighted by molar-refractivity contribution is 7.80. The summed E-state index contributed by atoms with van der Waals surface area (Å²) >= 11 is 6.73. The summed E-state index contributed by atoms with van der Waals surface area (Å²) in [5, 5.41) is 6.35. The van der Waals surface area contributed by atoms with Gasteiger partial charge in [0.05, 0.1) is 12.2 Å². The number of ether oxygens (including phenoxy) is 1. The van der Waals surface area contributed by atoms with E-state index in [0.29, 0.717) is 28.5 Å². The standard InChI is InChI=1S/C19H21N3O3S2/c1-2-25-12-9-7-11(8-10-12)17(24)21-19(26)22-18-15(16(20)23)13-5-3-4-6-14(13)27-18/h7-10H,2-6H2,1H3,(H2,20,23)(H2,21,22,24,26). The number of carbonyl (C=O) groups is 2. The van der Waals surface area contributed by atoms with Crippen LogP contribution in [0.4, 0.5) is 5.00 Å². The summed E-state index contributed by atoms with van der Waals surface area (Å²) in [5.41, 5.74) is 7.55. The highest BCUT2D eigenvalue weighted by atomic mass is 32.1. The van der Waals surface area contributed by atoms with E-state index in [4.69, 9.17) is 22.7 Å². The van der Waals surface area contributed by atoms with Crippen LogP contribution in [-0.4, -0.2) is 23.5 Å². The van der Waals surface area contributed by atoms with Gasteiger partial charge in [-0.3, -0.25) is 14.9 Å². The number of primary amides is 1. The monoisotopic (exact) mass is 403 g/mol. The summed E-state index contributed by atoms with van der Waals surface area (Å²) in [6.45, 7) is 2.46. The van der Waals surface area contributed by atoms with Crippen LogP contribution in [0.1, 0.15) is 50.9 Å². The Hall–Kier alpha value is -2.45. The summed E-state index contributed by atoms with van der Waals surface area (Å²) in [4.78, 5) is 25.4. The normalized spacial score (nSPS) is 12.8. The Morgan fingerprint density at radius 3 is 2.59 bits per heavy atom. The molecule has 1 aliphatic carbocycles. The molecule has 0 unspecified atom stereocenters. The molecule has 0 bridgehead atoms. The molecule has 27 heavy (non-hydrogen) atoms. The van der Waals surface area contributed by atoms with Gasteiger partial charge in [-0.2, -0.15) is 0 Å². The molecule has 1 aromatic heterocycles. The molecule has 1 heterocycles. The van der Waals surface area contributed by atoms with E-state index in [1.807, 2.05) is 6.92 Å². The van der Waals surface area contributed by atoms with Gasteiger partial charge in [0.2, 0.25) is 0 Å². The average Bonchev–Trinajstić information content (AvgIpc) is 3.00. The van der Waals surface area contributed by atoms with Crippen LogP contribution >= 0.6 is 23.6 Å². The zero-order valence-corrected chi connectivity index (χ0v) is 16.6. The quantitative estimate of drug-likeness (QED) is 0.667. The molecule has 0 aliphatic heterocycles. The van der Waals surface area contributed by atoms with Gasteiger partial charge in [0.15, 0.2) is 5.11 Å². The van der Waals surface area contributed by atoms with Crippen molar-refractivity contribution < 1.29 is 14.3 Å². The maximum atomic E-state index is 12.4. The highest BCUT2D eigenvalue weighted by Crippen LogP contribution is 2.37. The number of fused-ring (bicyclic) bond motifs is 1. The van der Waals surface area contributed by atoms with Gasteiger partial charge in [-0.1, -0.05) is 0 Å². The van der Waals surface area contributed by atoms with Crippen LogP contribution in [0.25, 0.3) is 0 Å². The van der Waals surface area contributed by atoms with Gasteiger partial charge in [-0.05, 0) is 74.7 Å². The number of carbonyl (C=O) groups excluding carboxylic acids is 2. The van der Waals surface area contributed by atoms with Crippen LogP contribution in [0.2, 0.25) is 0 Å². The topological polar surface area (TPSA) is 93.4 Å². The summed E-state index contributed by atoms with van der Waals surface area (Å²) in [7, 11) is 0. The van der Waals surface area contributed by atoms with E-state index in [-0.39, 0.29) is 11.0 Å². The lowest BCUT2D eigenvalue weighted by Gasteiger charge is -2.12. The Kier molecular flexibility index (Phi) is 6.08. The summed E-state index contributed by atoms with van der Waals surface area (Å²) in [6.07, 6.45) is 3.93. The van der Waals surface area contributed by atoms with E-state index in [0.717, 1.165) is 36.1 Å². The Bertz CT molecular complexity index is 875. The lowest BCUT2D eigenvalue weighted by Crippen LogP contribution is -2.34. The molecular formula is C19H21N3O3S2. The van der Waals surface area contributed by atoms with Crippen molar-refractivity contribution in [3.05, 3.63) is 45.8 Å². The Balaban J connectivity index is 1.69. The van der Waals surface area contributed by atoms with Crippen molar-refractivity contribution >= 4 is 45.5 Å². The zero-order valence-electron chi connectivity index (χ0n) is 15.0. The predicted molar refractivity (Wildman–Crippen MR) is 111 cm³/mol. The molecule has 4 N–H and O–H groups in total. The summed E-state index contributed by atoms with van der Waals surface area (Å²) < 4.78 is 5.36. The number of aryl methyl sites for hydroxylation is 1. The number of amides is 2. The number of hydrogen-bond donors (Lipinski definition) is 3. The minimum Gasteiger partial charge on any atom is -0.494 e. The fourth-order valence-corrected chi connectivity index (χ4v) is 4.65. The number of nitrogens with one attached hydrogen (secondary N) is 2. The number of anilines is 1. The largest absolute Gasteiger partial charge is 0.494 e. The molecule has 0 spiro atoms. The fraction of sp³-hybridized carbons (Fsp3) is 0.316. The van der Waals surface area contributed by atoms with Crippen molar-refractivity contribution in [2.45, 2.75) is 32.6 Å². The lowest BCUT2D eigenvalue weighted by atomic mass is 9.95. The molecule has 0 saturated carbocycles. The third-order valence-corrected chi connectivity index (χ3v) is 5.71. The predicted octanol–water partition coefficient (Wildman–Crippen LogP) is 3.25. The first kappa shape index (κ1) is 19.3. The number of nitrogens with two attached hydrogens (primary N) is 1. The van der Waals surface area contributed by atoms with Crippen LogP contribution in [0.15, 0.2) is 24.3 Å². The zero-order chi connectivity index (χ0) is 19.4. The number of thiophene rings is 1. The van der Waals surface area contributed by atoms with Gasteiger partial charge in [0.25, 0.3) is 11.8 Å². The average molecular weight is 404 g/mol. The first-order valence-electron chi connectivity index (χ1n) is 8.79. The maximum absolute atomic E-state index is 12.4. The van der Waals surface area contributed by atoms with Crippen molar-refractivity contribution in [2.75, 3.05) is 11.9 Å². The van der Waals surface area contributed by atoms with Gasteiger partial charge in [-0.25, -0.2) is 0 Å². The van der Waals surface area contributed by atoms with E-state index < -0.39 is 5.91 Å². The van der Waals surface area contributed by atoms with Crippen molar-refractivity contribution in [3.63, 3.8) is 0 Å². The van der Waals surface area contributed by atoms with Gasteiger partial charge < -0.3 is 15.8 Å². The fourth-order valence-electron chi connectivity index (χ4n) is 3.09. The molecule has 1 aromatic carbocycles. The molecule has 3 rings (SSSR count). The van der Waals surface area contributed by atoms with Gasteiger partial charge >= 0.3 is 0 Å². The lowest BCUT2D eigenvalue weighted by molar-refractivity contribution is 0.0975. The minimum atomic E-state index is -0.475. The second-order valence-electron chi connectivity index (χ2n) is 6.14. The van der Waals surface area contributed by atoms with E-state index in [9.17, 15) is 9.59 Å².